The summed E-state index contributed by atoms with van der Waals surface area (Å²) >= 11 is 0. The number of piperidine rings is 2. The number of amides is 4. The average Bonchev–Trinajstić information content (AvgIpc) is 3.79. The maximum absolute atomic E-state index is 12.6. The Kier molecular flexibility index (Phi) is 12.6. The highest BCUT2D eigenvalue weighted by Crippen LogP contribution is 2.46. The molecule has 7 atom stereocenters. The molecular formula is C46H66N8O4. The Hall–Kier alpha value is -4.39. The van der Waals surface area contributed by atoms with E-state index in [1.54, 1.807) is 0 Å². The number of aromatic nitrogens is 2. The molecule has 0 spiro atoms. The van der Waals surface area contributed by atoms with E-state index in [0.717, 1.165) is 87.4 Å². The molecule has 2 saturated heterocycles. The first-order valence-electron chi connectivity index (χ1n) is 22.0. The first-order chi connectivity index (χ1) is 28.0. The van der Waals surface area contributed by atoms with Crippen molar-refractivity contribution < 1.29 is 19.5 Å². The quantitative estimate of drug-likeness (QED) is 0.111. The van der Waals surface area contributed by atoms with Gasteiger partial charge in [0.2, 0.25) is 0 Å². The van der Waals surface area contributed by atoms with Crippen molar-refractivity contribution in [2.24, 2.45) is 0 Å². The molecule has 2 fully saturated rings. The highest BCUT2D eigenvalue weighted by atomic mass is 16.3. The van der Waals surface area contributed by atoms with Crippen LogP contribution in [-0.2, 0) is 12.8 Å². The number of aliphatic hydroxyl groups is 1. The molecule has 2 aliphatic carbocycles. The van der Waals surface area contributed by atoms with Crippen LogP contribution < -0.4 is 10.6 Å². The van der Waals surface area contributed by atoms with E-state index >= 15 is 0 Å². The number of aliphatic hydroxyl groups excluding tert-OH is 1. The van der Waals surface area contributed by atoms with E-state index in [1.807, 2.05) is 51.3 Å². The molecule has 12 heteroatoms. The summed E-state index contributed by atoms with van der Waals surface area (Å²) in [5.41, 5.74) is 9.09. The Balaban J connectivity index is 0.000000177. The fourth-order valence-corrected chi connectivity index (χ4v) is 10.8. The molecule has 4 amide bonds. The van der Waals surface area contributed by atoms with Gasteiger partial charge in [-0.15, -0.1) is 0 Å². The number of fused-ring (bicyclic) bond motifs is 4. The number of benzene rings is 2. The van der Waals surface area contributed by atoms with Gasteiger partial charge in [0.25, 0.3) is 0 Å². The van der Waals surface area contributed by atoms with Gasteiger partial charge in [-0.25, -0.2) is 9.59 Å². The second-order valence-corrected chi connectivity index (χ2v) is 17.0. The fourth-order valence-electron chi connectivity index (χ4n) is 10.8. The van der Waals surface area contributed by atoms with Crippen molar-refractivity contribution in [2.75, 3.05) is 53.4 Å². The first-order valence-corrected chi connectivity index (χ1v) is 22.0. The summed E-state index contributed by atoms with van der Waals surface area (Å²) in [6.45, 7) is 16.6. The fraction of sp³-hybridized carbons (Fsp3) is 0.587. The summed E-state index contributed by atoms with van der Waals surface area (Å²) in [6.07, 6.45) is 4.49. The monoisotopic (exact) mass is 795 g/mol. The normalized spacial score (nSPS) is 24.3. The van der Waals surface area contributed by atoms with Gasteiger partial charge in [-0.05, 0) is 108 Å². The Morgan fingerprint density at radius 1 is 0.724 bits per heavy atom. The second-order valence-electron chi connectivity index (χ2n) is 17.0. The number of likely N-dealkylation sites (tertiary alicyclic amines) is 2. The lowest BCUT2D eigenvalue weighted by molar-refractivity contribution is 0.0979. The predicted octanol–water partition coefficient (Wildman–Crippen LogP) is 6.90. The van der Waals surface area contributed by atoms with Gasteiger partial charge >= 0.3 is 12.1 Å². The summed E-state index contributed by atoms with van der Waals surface area (Å²) in [5.74, 6) is 0.921. The van der Waals surface area contributed by atoms with Gasteiger partial charge in [0.1, 0.15) is 0 Å². The summed E-state index contributed by atoms with van der Waals surface area (Å²) in [4.78, 5) is 53.1. The number of ketones is 1. The summed E-state index contributed by atoms with van der Waals surface area (Å²) < 4.78 is 0. The standard InChI is InChI=1S/C23H34N4O2.C23H32N4O2/c2*1-5-20(28)22-17-12-19-16(15-9-8-10-18(25-22)21(15)17)11-14(13-26(19)4)24-23(29)27(6-2)7-3/h8-10,14,16,19-20,25,28H,5-7,11-13H2,1-4H3,(H,24,29);8-10,14,16,19,25H,5-7,11-13H2,1-4H3,(H,24,29)/t14-,16+,19+,20?;14-,16+,19+/m00/s1. The second kappa shape index (κ2) is 17.5. The van der Waals surface area contributed by atoms with Gasteiger partial charge in [-0.3, -0.25) is 4.79 Å². The number of rotatable bonds is 10. The van der Waals surface area contributed by atoms with E-state index in [-0.39, 0.29) is 29.9 Å². The Morgan fingerprint density at radius 3 is 1.66 bits per heavy atom. The zero-order chi connectivity index (χ0) is 41.4. The lowest BCUT2D eigenvalue weighted by atomic mass is 9.73. The van der Waals surface area contributed by atoms with Crippen LogP contribution in [0, 0.1) is 0 Å². The predicted molar refractivity (Wildman–Crippen MR) is 232 cm³/mol. The number of nitrogens with zero attached hydrogens (tertiary/aromatic N) is 4. The lowest BCUT2D eigenvalue weighted by Crippen LogP contribution is -2.56. The van der Waals surface area contributed by atoms with Crippen LogP contribution in [0.4, 0.5) is 9.59 Å². The molecular weight excluding hydrogens is 729 g/mol. The topological polar surface area (TPSA) is 140 Å². The number of H-pyrrole nitrogens is 2. The van der Waals surface area contributed by atoms with Gasteiger partial charge < -0.3 is 45.3 Å². The van der Waals surface area contributed by atoms with Crippen LogP contribution in [0.2, 0.25) is 0 Å². The molecule has 4 aliphatic rings. The van der Waals surface area contributed by atoms with Crippen LogP contribution in [0.15, 0.2) is 36.4 Å². The van der Waals surface area contributed by atoms with E-state index in [1.165, 1.54) is 33.0 Å². The molecule has 1 unspecified atom stereocenters. The number of urea groups is 2. The highest BCUT2D eigenvalue weighted by Gasteiger charge is 2.43. The lowest BCUT2D eigenvalue weighted by Gasteiger charge is -2.46. The van der Waals surface area contributed by atoms with Gasteiger partial charge in [0, 0.05) is 109 Å². The van der Waals surface area contributed by atoms with Gasteiger partial charge in [-0.2, -0.15) is 0 Å². The summed E-state index contributed by atoms with van der Waals surface area (Å²) in [7, 11) is 4.31. The SMILES string of the molecule is CCC(=O)c1[nH]c2cccc3c2c1C[C@@H]1[C@@H]3C[C@H](NC(=O)N(CC)CC)CN1C.CCC(O)c1[nH]c2cccc3c2c1C[C@@H]1[C@@H]3C[C@H](NC(=O)N(CC)CC)CN1C. The van der Waals surface area contributed by atoms with Gasteiger partial charge in [-0.1, -0.05) is 38.1 Å². The van der Waals surface area contributed by atoms with E-state index in [2.05, 4.69) is 80.9 Å². The molecule has 0 saturated carbocycles. The summed E-state index contributed by atoms with van der Waals surface area (Å²) in [5, 5.41) is 19.6. The smallest absolute Gasteiger partial charge is 0.317 e. The first kappa shape index (κ1) is 41.8. The van der Waals surface area contributed by atoms with Gasteiger partial charge in [0.05, 0.1) is 11.8 Å². The third kappa shape index (κ3) is 7.63. The van der Waals surface area contributed by atoms with Crippen LogP contribution in [-0.4, -0.2) is 130 Å². The number of hydrogen-bond donors (Lipinski definition) is 5. The van der Waals surface area contributed by atoms with Crippen molar-refractivity contribution in [2.45, 2.75) is 122 Å². The van der Waals surface area contributed by atoms with Crippen molar-refractivity contribution in [1.29, 1.82) is 0 Å². The highest BCUT2D eigenvalue weighted by molar-refractivity contribution is 6.03. The molecule has 5 N–H and O–H groups in total. The van der Waals surface area contributed by atoms with Crippen molar-refractivity contribution in [1.82, 2.24) is 40.2 Å². The third-order valence-corrected chi connectivity index (χ3v) is 13.8. The van der Waals surface area contributed by atoms with E-state index in [9.17, 15) is 19.5 Å². The molecule has 4 heterocycles. The average molecular weight is 795 g/mol. The zero-order valence-corrected chi connectivity index (χ0v) is 36.0. The van der Waals surface area contributed by atoms with Crippen LogP contribution in [0.25, 0.3) is 21.8 Å². The largest absolute Gasteiger partial charge is 0.387 e. The minimum Gasteiger partial charge on any atom is -0.387 e. The van der Waals surface area contributed by atoms with Crippen molar-refractivity contribution in [3.63, 3.8) is 0 Å². The van der Waals surface area contributed by atoms with Crippen LogP contribution >= 0.6 is 0 Å². The van der Waals surface area contributed by atoms with Crippen molar-refractivity contribution in [3.05, 3.63) is 70.0 Å². The maximum Gasteiger partial charge on any atom is 0.317 e. The third-order valence-electron chi connectivity index (χ3n) is 13.8. The van der Waals surface area contributed by atoms with Crippen LogP contribution in [0.3, 0.4) is 0 Å². The zero-order valence-electron chi connectivity index (χ0n) is 36.0. The van der Waals surface area contributed by atoms with E-state index < -0.39 is 6.10 Å². The minimum atomic E-state index is -0.447. The number of likely N-dealkylation sites (N-methyl/N-ethyl adjacent to an activating group) is 2. The van der Waals surface area contributed by atoms with Gasteiger partial charge in [0.15, 0.2) is 5.78 Å². The number of carbonyl (C=O) groups excluding carboxylic acids is 3. The number of nitrogens with one attached hydrogen (secondary N) is 4. The molecule has 8 rings (SSSR count). The molecule has 0 bridgehead atoms. The Morgan fingerprint density at radius 2 is 1.19 bits per heavy atom. The number of carbonyl (C=O) groups is 3. The molecule has 314 valence electrons. The Labute approximate surface area is 344 Å². The van der Waals surface area contributed by atoms with Crippen LogP contribution in [0.5, 0.6) is 0 Å². The van der Waals surface area contributed by atoms with Crippen molar-refractivity contribution in [3.8, 4) is 0 Å². The van der Waals surface area contributed by atoms with Crippen molar-refractivity contribution >= 4 is 39.7 Å². The van der Waals surface area contributed by atoms with Crippen LogP contribution in [0.1, 0.15) is 124 Å². The molecule has 2 aliphatic heterocycles. The van der Waals surface area contributed by atoms with E-state index in [4.69, 9.17) is 0 Å². The molecule has 0 radical (unpaired) electrons. The van der Waals surface area contributed by atoms with E-state index in [0.29, 0.717) is 36.8 Å². The molecule has 12 nitrogen and oxygen atoms in total. The molecule has 2 aromatic carbocycles. The number of Topliss-reactive ketones (excluding diaryl/α,β-unsaturated/α-hetero) is 1. The number of aromatic amines is 2. The minimum absolute atomic E-state index is 0.0269. The Bertz CT molecular complexity index is 2120. The summed E-state index contributed by atoms with van der Waals surface area (Å²) in [6, 6.07) is 13.9. The number of hydrogen-bond acceptors (Lipinski definition) is 6. The molecule has 58 heavy (non-hydrogen) atoms. The molecule has 4 aromatic rings. The maximum atomic E-state index is 12.6. The molecule has 2 aromatic heterocycles.